The molecule has 0 atom stereocenters. The Kier molecular flexibility index (Phi) is 3.26. The van der Waals surface area contributed by atoms with Gasteiger partial charge < -0.3 is 0 Å². The molecule has 0 aliphatic rings. The summed E-state index contributed by atoms with van der Waals surface area (Å²) >= 11 is 3.36. The van der Waals surface area contributed by atoms with Gasteiger partial charge in [0.15, 0.2) is 5.78 Å². The van der Waals surface area contributed by atoms with Gasteiger partial charge in [-0.25, -0.2) is 0 Å². The third kappa shape index (κ3) is 2.41. The third-order valence-electron chi connectivity index (χ3n) is 2.04. The van der Waals surface area contributed by atoms with Crippen LogP contribution in [0.4, 0.5) is 0 Å². The molecule has 0 saturated heterocycles. The van der Waals surface area contributed by atoms with E-state index < -0.39 is 0 Å². The molecule has 0 saturated carbocycles. The van der Waals surface area contributed by atoms with Gasteiger partial charge in [0.05, 0.1) is 0 Å². The van der Waals surface area contributed by atoms with E-state index >= 15 is 0 Å². The normalized spacial score (nSPS) is 10.5. The van der Waals surface area contributed by atoms with E-state index in [2.05, 4.69) is 29.8 Å². The number of ketones is 1. The van der Waals surface area contributed by atoms with Crippen LogP contribution < -0.4 is 0 Å². The van der Waals surface area contributed by atoms with Crippen molar-refractivity contribution in [1.82, 2.24) is 0 Å². The summed E-state index contributed by atoms with van der Waals surface area (Å²) in [5.74, 6) is 0.570. The maximum absolute atomic E-state index is 11.2. The second-order valence-corrected chi connectivity index (χ2v) is 4.30. The van der Waals surface area contributed by atoms with Crippen LogP contribution >= 0.6 is 15.9 Å². The Labute approximate surface area is 87.3 Å². The lowest BCUT2D eigenvalue weighted by atomic mass is 10.00. The molecule has 0 N–H and O–H groups in total. The Morgan fingerprint density at radius 2 is 2.00 bits per heavy atom. The number of halogens is 1. The van der Waals surface area contributed by atoms with Gasteiger partial charge in [-0.2, -0.15) is 0 Å². The Bertz CT molecular complexity index is 329. The second kappa shape index (κ2) is 4.05. The molecule has 0 aromatic heterocycles. The highest BCUT2D eigenvalue weighted by atomic mass is 79.9. The summed E-state index contributed by atoms with van der Waals surface area (Å²) in [4.78, 5) is 11.2. The Hall–Kier alpha value is -0.630. The van der Waals surface area contributed by atoms with Crippen LogP contribution in [0.2, 0.25) is 0 Å². The van der Waals surface area contributed by atoms with Crippen molar-refractivity contribution in [3.63, 3.8) is 0 Å². The standard InChI is InChI=1S/C11H13BrO/c1-7(2)9-4-5-11(12)10(6-9)8(3)13/h4-7H,1-3H3. The summed E-state index contributed by atoms with van der Waals surface area (Å²) in [6, 6.07) is 5.93. The van der Waals surface area contributed by atoms with Crippen LogP contribution in [0.1, 0.15) is 42.6 Å². The van der Waals surface area contributed by atoms with Crippen molar-refractivity contribution < 1.29 is 4.79 Å². The summed E-state index contributed by atoms with van der Waals surface area (Å²) < 4.78 is 0.879. The summed E-state index contributed by atoms with van der Waals surface area (Å²) in [5, 5.41) is 0. The summed E-state index contributed by atoms with van der Waals surface area (Å²) in [6.45, 7) is 5.82. The highest BCUT2D eigenvalue weighted by Crippen LogP contribution is 2.22. The molecule has 0 spiro atoms. The Morgan fingerprint density at radius 3 is 2.46 bits per heavy atom. The van der Waals surface area contributed by atoms with Crippen molar-refractivity contribution in [3.05, 3.63) is 33.8 Å². The van der Waals surface area contributed by atoms with Crippen LogP contribution in [0.5, 0.6) is 0 Å². The molecule has 1 rings (SSSR count). The minimum Gasteiger partial charge on any atom is -0.294 e. The average molecular weight is 241 g/mol. The van der Waals surface area contributed by atoms with E-state index in [-0.39, 0.29) is 5.78 Å². The van der Waals surface area contributed by atoms with Crippen LogP contribution in [0.25, 0.3) is 0 Å². The number of carbonyl (C=O) groups excluding carboxylic acids is 1. The SMILES string of the molecule is CC(=O)c1cc(C(C)C)ccc1Br. The summed E-state index contributed by atoms with van der Waals surface area (Å²) in [5.41, 5.74) is 1.97. The van der Waals surface area contributed by atoms with E-state index in [4.69, 9.17) is 0 Å². The molecule has 2 heteroatoms. The van der Waals surface area contributed by atoms with Gasteiger partial charge in [-0.05, 0) is 30.5 Å². The molecule has 1 aromatic rings. The van der Waals surface area contributed by atoms with Gasteiger partial charge in [0, 0.05) is 10.0 Å². The van der Waals surface area contributed by atoms with Gasteiger partial charge in [-0.3, -0.25) is 4.79 Å². The number of Topliss-reactive ketones (excluding diaryl/α,β-unsaturated/α-hetero) is 1. The minimum atomic E-state index is 0.106. The first-order chi connectivity index (χ1) is 6.02. The molecule has 1 nitrogen and oxygen atoms in total. The van der Waals surface area contributed by atoms with Gasteiger partial charge in [-0.1, -0.05) is 35.8 Å². The first-order valence-corrected chi connectivity index (χ1v) is 5.12. The van der Waals surface area contributed by atoms with Crippen molar-refractivity contribution in [2.24, 2.45) is 0 Å². The maximum atomic E-state index is 11.2. The van der Waals surface area contributed by atoms with Crippen molar-refractivity contribution in [1.29, 1.82) is 0 Å². The van der Waals surface area contributed by atoms with Gasteiger partial charge in [0.1, 0.15) is 0 Å². The fraction of sp³-hybridized carbons (Fsp3) is 0.364. The monoisotopic (exact) mass is 240 g/mol. The summed E-state index contributed by atoms with van der Waals surface area (Å²) in [6.07, 6.45) is 0. The molecule has 0 aliphatic carbocycles. The van der Waals surface area contributed by atoms with Gasteiger partial charge >= 0.3 is 0 Å². The predicted octanol–water partition coefficient (Wildman–Crippen LogP) is 3.78. The zero-order chi connectivity index (χ0) is 10.0. The molecule has 0 radical (unpaired) electrons. The van der Waals surface area contributed by atoms with E-state index in [9.17, 15) is 4.79 Å². The molecule has 0 amide bonds. The van der Waals surface area contributed by atoms with Crippen LogP contribution in [0, 0.1) is 0 Å². The fourth-order valence-electron chi connectivity index (χ4n) is 1.17. The number of carbonyl (C=O) groups is 1. The van der Waals surface area contributed by atoms with Crippen molar-refractivity contribution in [2.45, 2.75) is 26.7 Å². The zero-order valence-electron chi connectivity index (χ0n) is 8.10. The summed E-state index contributed by atoms with van der Waals surface area (Å²) in [7, 11) is 0. The first-order valence-electron chi connectivity index (χ1n) is 4.32. The Balaban J connectivity index is 3.19. The van der Waals surface area contributed by atoms with Crippen molar-refractivity contribution in [2.75, 3.05) is 0 Å². The molecule has 0 fully saturated rings. The van der Waals surface area contributed by atoms with Crippen LogP contribution in [0.15, 0.2) is 22.7 Å². The molecule has 70 valence electrons. The lowest BCUT2D eigenvalue weighted by molar-refractivity contribution is 0.101. The van der Waals surface area contributed by atoms with E-state index in [0.29, 0.717) is 5.92 Å². The van der Waals surface area contributed by atoms with Crippen LogP contribution in [-0.2, 0) is 0 Å². The zero-order valence-corrected chi connectivity index (χ0v) is 9.68. The van der Waals surface area contributed by atoms with Crippen LogP contribution in [-0.4, -0.2) is 5.78 Å². The number of hydrogen-bond acceptors (Lipinski definition) is 1. The topological polar surface area (TPSA) is 17.1 Å². The second-order valence-electron chi connectivity index (χ2n) is 3.45. The molecule has 0 unspecified atom stereocenters. The van der Waals surface area contributed by atoms with Crippen molar-refractivity contribution >= 4 is 21.7 Å². The number of benzene rings is 1. The third-order valence-corrected chi connectivity index (χ3v) is 2.73. The van der Waals surface area contributed by atoms with Crippen LogP contribution in [0.3, 0.4) is 0 Å². The predicted molar refractivity (Wildman–Crippen MR) is 58.2 cm³/mol. The minimum absolute atomic E-state index is 0.106. The lowest BCUT2D eigenvalue weighted by Gasteiger charge is -2.07. The smallest absolute Gasteiger partial charge is 0.160 e. The molecule has 0 heterocycles. The fourth-order valence-corrected chi connectivity index (χ4v) is 1.70. The molecule has 0 aliphatic heterocycles. The molecule has 13 heavy (non-hydrogen) atoms. The highest BCUT2D eigenvalue weighted by molar-refractivity contribution is 9.10. The van der Waals surface area contributed by atoms with Gasteiger partial charge in [0.25, 0.3) is 0 Å². The van der Waals surface area contributed by atoms with Crippen molar-refractivity contribution in [3.8, 4) is 0 Å². The van der Waals surface area contributed by atoms with Gasteiger partial charge in [-0.15, -0.1) is 0 Å². The molecular formula is C11H13BrO. The number of hydrogen-bond donors (Lipinski definition) is 0. The largest absolute Gasteiger partial charge is 0.294 e. The lowest BCUT2D eigenvalue weighted by Crippen LogP contribution is -1.96. The first kappa shape index (κ1) is 10.5. The van der Waals surface area contributed by atoms with E-state index in [1.54, 1.807) is 6.92 Å². The van der Waals surface area contributed by atoms with E-state index in [1.807, 2.05) is 18.2 Å². The van der Waals surface area contributed by atoms with E-state index in [1.165, 1.54) is 5.56 Å². The molecule has 1 aromatic carbocycles. The quantitative estimate of drug-likeness (QED) is 0.720. The highest BCUT2D eigenvalue weighted by Gasteiger charge is 2.07. The molecule has 0 bridgehead atoms. The Morgan fingerprint density at radius 1 is 1.38 bits per heavy atom. The maximum Gasteiger partial charge on any atom is 0.160 e. The number of rotatable bonds is 2. The van der Waals surface area contributed by atoms with E-state index in [0.717, 1.165) is 10.0 Å². The average Bonchev–Trinajstić information content (AvgIpc) is 2.04. The molecular weight excluding hydrogens is 228 g/mol. The van der Waals surface area contributed by atoms with Gasteiger partial charge in [0.2, 0.25) is 0 Å².